The molecule has 0 atom stereocenters. The molecule has 1 aromatic carbocycles. The standard InChI is InChI=1S/C20H33N3O2/c1-5-20(25,6-2)15-21-19(24)17-7-9-18(10-8-17)23-13-11-22(12-14-23)16(3)4/h7-10,16,25H,5-6,11-15H2,1-4H3,(H,21,24). The lowest BCUT2D eigenvalue weighted by molar-refractivity contribution is 0.0314. The van der Waals surface area contributed by atoms with E-state index in [0.29, 0.717) is 24.4 Å². The minimum atomic E-state index is -0.814. The Bertz CT molecular complexity index is 545. The Morgan fingerprint density at radius 3 is 2.16 bits per heavy atom. The van der Waals surface area contributed by atoms with Crippen LogP contribution in [0.1, 0.15) is 50.9 Å². The van der Waals surface area contributed by atoms with Gasteiger partial charge < -0.3 is 15.3 Å². The third kappa shape index (κ3) is 5.19. The topological polar surface area (TPSA) is 55.8 Å². The molecule has 2 rings (SSSR count). The molecule has 1 amide bonds. The van der Waals surface area contributed by atoms with Crippen LogP contribution in [0.2, 0.25) is 0 Å². The van der Waals surface area contributed by atoms with E-state index in [-0.39, 0.29) is 12.5 Å². The first-order valence-corrected chi connectivity index (χ1v) is 9.48. The van der Waals surface area contributed by atoms with Gasteiger partial charge in [0.05, 0.1) is 5.60 Å². The fourth-order valence-corrected chi connectivity index (χ4v) is 3.17. The van der Waals surface area contributed by atoms with Gasteiger partial charge in [-0.15, -0.1) is 0 Å². The van der Waals surface area contributed by atoms with E-state index < -0.39 is 5.60 Å². The second-order valence-corrected chi connectivity index (χ2v) is 7.28. The van der Waals surface area contributed by atoms with Crippen molar-refractivity contribution in [1.29, 1.82) is 0 Å². The van der Waals surface area contributed by atoms with Crippen LogP contribution in [-0.4, -0.2) is 60.3 Å². The maximum atomic E-state index is 12.3. The van der Waals surface area contributed by atoms with E-state index in [4.69, 9.17) is 0 Å². The highest BCUT2D eigenvalue weighted by Gasteiger charge is 2.23. The molecule has 2 N–H and O–H groups in total. The Morgan fingerprint density at radius 1 is 1.12 bits per heavy atom. The molecule has 1 saturated heterocycles. The van der Waals surface area contributed by atoms with Crippen LogP contribution in [0.5, 0.6) is 0 Å². The number of amides is 1. The molecule has 25 heavy (non-hydrogen) atoms. The lowest BCUT2D eigenvalue weighted by Crippen LogP contribution is -2.48. The van der Waals surface area contributed by atoms with Crippen LogP contribution in [0.25, 0.3) is 0 Å². The van der Waals surface area contributed by atoms with Gasteiger partial charge in [-0.1, -0.05) is 13.8 Å². The van der Waals surface area contributed by atoms with Crippen LogP contribution >= 0.6 is 0 Å². The molecule has 0 bridgehead atoms. The Hall–Kier alpha value is -1.59. The zero-order valence-electron chi connectivity index (χ0n) is 16.1. The summed E-state index contributed by atoms with van der Waals surface area (Å²) in [7, 11) is 0. The highest BCUT2D eigenvalue weighted by Crippen LogP contribution is 2.19. The first-order chi connectivity index (χ1) is 11.9. The summed E-state index contributed by atoms with van der Waals surface area (Å²) in [6.07, 6.45) is 1.26. The monoisotopic (exact) mass is 347 g/mol. The third-order valence-corrected chi connectivity index (χ3v) is 5.43. The van der Waals surface area contributed by atoms with Gasteiger partial charge in [0.15, 0.2) is 0 Å². The van der Waals surface area contributed by atoms with E-state index in [1.807, 2.05) is 38.1 Å². The fourth-order valence-electron chi connectivity index (χ4n) is 3.17. The molecule has 0 aliphatic carbocycles. The zero-order chi connectivity index (χ0) is 18.4. The minimum absolute atomic E-state index is 0.128. The quantitative estimate of drug-likeness (QED) is 0.796. The molecule has 1 aliphatic rings. The van der Waals surface area contributed by atoms with Crippen molar-refractivity contribution in [1.82, 2.24) is 10.2 Å². The average Bonchev–Trinajstić information content (AvgIpc) is 2.66. The SMILES string of the molecule is CCC(O)(CC)CNC(=O)c1ccc(N2CCN(C(C)C)CC2)cc1. The molecule has 1 heterocycles. The molecular formula is C20H33N3O2. The van der Waals surface area contributed by atoms with Gasteiger partial charge in [0, 0.05) is 50.0 Å². The van der Waals surface area contributed by atoms with Gasteiger partial charge in [-0.2, -0.15) is 0 Å². The Balaban J connectivity index is 1.90. The molecule has 1 aliphatic heterocycles. The number of aliphatic hydroxyl groups is 1. The van der Waals surface area contributed by atoms with Crippen molar-refractivity contribution in [3.63, 3.8) is 0 Å². The summed E-state index contributed by atoms with van der Waals surface area (Å²) in [6.45, 7) is 12.8. The van der Waals surface area contributed by atoms with E-state index in [1.165, 1.54) is 5.69 Å². The highest BCUT2D eigenvalue weighted by molar-refractivity contribution is 5.94. The van der Waals surface area contributed by atoms with Crippen molar-refractivity contribution in [3.8, 4) is 0 Å². The number of nitrogens with one attached hydrogen (secondary N) is 1. The highest BCUT2D eigenvalue weighted by atomic mass is 16.3. The molecule has 0 saturated carbocycles. The molecule has 140 valence electrons. The maximum Gasteiger partial charge on any atom is 0.251 e. The second-order valence-electron chi connectivity index (χ2n) is 7.28. The maximum absolute atomic E-state index is 12.3. The summed E-state index contributed by atoms with van der Waals surface area (Å²) < 4.78 is 0. The van der Waals surface area contributed by atoms with Crippen LogP contribution < -0.4 is 10.2 Å². The molecule has 0 radical (unpaired) electrons. The Kier molecular flexibility index (Phi) is 6.85. The van der Waals surface area contributed by atoms with Gasteiger partial charge >= 0.3 is 0 Å². The summed E-state index contributed by atoms with van der Waals surface area (Å²) in [4.78, 5) is 17.1. The summed E-state index contributed by atoms with van der Waals surface area (Å²) in [6, 6.07) is 8.38. The molecule has 1 aromatic rings. The van der Waals surface area contributed by atoms with Gasteiger partial charge in [0.1, 0.15) is 0 Å². The first-order valence-electron chi connectivity index (χ1n) is 9.48. The van der Waals surface area contributed by atoms with Gasteiger partial charge in [0.25, 0.3) is 5.91 Å². The van der Waals surface area contributed by atoms with Gasteiger partial charge in [-0.3, -0.25) is 9.69 Å². The third-order valence-electron chi connectivity index (χ3n) is 5.43. The van der Waals surface area contributed by atoms with Gasteiger partial charge in [-0.05, 0) is 51.0 Å². The van der Waals surface area contributed by atoms with Gasteiger partial charge in [0.2, 0.25) is 0 Å². The lowest BCUT2D eigenvalue weighted by atomic mass is 9.97. The van der Waals surface area contributed by atoms with Crippen LogP contribution in [-0.2, 0) is 0 Å². The number of benzene rings is 1. The van der Waals surface area contributed by atoms with E-state index in [2.05, 4.69) is 29.0 Å². The molecule has 0 aromatic heterocycles. The van der Waals surface area contributed by atoms with Crippen molar-refractivity contribution in [2.45, 2.75) is 52.2 Å². The minimum Gasteiger partial charge on any atom is -0.388 e. The van der Waals surface area contributed by atoms with E-state index in [0.717, 1.165) is 26.2 Å². The van der Waals surface area contributed by atoms with Crippen molar-refractivity contribution in [3.05, 3.63) is 29.8 Å². The molecule has 0 unspecified atom stereocenters. The number of nitrogens with zero attached hydrogens (tertiary/aromatic N) is 2. The van der Waals surface area contributed by atoms with Crippen LogP contribution in [0, 0.1) is 0 Å². The number of anilines is 1. The van der Waals surface area contributed by atoms with Gasteiger partial charge in [-0.25, -0.2) is 0 Å². The summed E-state index contributed by atoms with van der Waals surface area (Å²) in [5, 5.41) is 13.1. The number of rotatable bonds is 7. The number of carbonyl (C=O) groups excluding carboxylic acids is 1. The van der Waals surface area contributed by atoms with Crippen molar-refractivity contribution in [2.75, 3.05) is 37.6 Å². The number of hydrogen-bond donors (Lipinski definition) is 2. The van der Waals surface area contributed by atoms with Crippen molar-refractivity contribution in [2.24, 2.45) is 0 Å². The number of hydrogen-bond acceptors (Lipinski definition) is 4. The molecular weight excluding hydrogens is 314 g/mol. The Labute approximate surface area is 152 Å². The smallest absolute Gasteiger partial charge is 0.251 e. The molecule has 5 heteroatoms. The molecule has 0 spiro atoms. The Morgan fingerprint density at radius 2 is 1.68 bits per heavy atom. The van der Waals surface area contributed by atoms with E-state index in [1.54, 1.807) is 0 Å². The predicted molar refractivity (Wildman–Crippen MR) is 103 cm³/mol. The number of piperazine rings is 1. The largest absolute Gasteiger partial charge is 0.388 e. The summed E-state index contributed by atoms with van der Waals surface area (Å²) in [5.74, 6) is -0.128. The first kappa shape index (κ1) is 19.7. The van der Waals surface area contributed by atoms with E-state index in [9.17, 15) is 9.90 Å². The normalized spacial score (nSPS) is 16.3. The van der Waals surface area contributed by atoms with Crippen LogP contribution in [0.4, 0.5) is 5.69 Å². The molecule has 5 nitrogen and oxygen atoms in total. The van der Waals surface area contributed by atoms with Crippen molar-refractivity contribution < 1.29 is 9.90 Å². The van der Waals surface area contributed by atoms with E-state index >= 15 is 0 Å². The average molecular weight is 348 g/mol. The fraction of sp³-hybridized carbons (Fsp3) is 0.650. The predicted octanol–water partition coefficient (Wildman–Crippen LogP) is 2.50. The molecule has 1 fully saturated rings. The lowest BCUT2D eigenvalue weighted by Gasteiger charge is -2.38. The zero-order valence-corrected chi connectivity index (χ0v) is 16.1. The summed E-state index contributed by atoms with van der Waals surface area (Å²) >= 11 is 0. The van der Waals surface area contributed by atoms with Crippen molar-refractivity contribution >= 4 is 11.6 Å². The summed E-state index contributed by atoms with van der Waals surface area (Å²) in [5.41, 5.74) is 0.990. The second kappa shape index (κ2) is 8.68. The number of carbonyl (C=O) groups is 1. The van der Waals surface area contributed by atoms with Crippen LogP contribution in [0.3, 0.4) is 0 Å². The van der Waals surface area contributed by atoms with Crippen LogP contribution in [0.15, 0.2) is 24.3 Å².